The molecular formula is C16H22ClFN2O3. The number of amides is 1. The van der Waals surface area contributed by atoms with Gasteiger partial charge in [-0.15, -0.1) is 12.4 Å². The molecule has 2 atom stereocenters. The Bertz CT molecular complexity index is 571. The maximum absolute atomic E-state index is 13.7. The predicted octanol–water partition coefficient (Wildman–Crippen LogP) is 2.11. The van der Waals surface area contributed by atoms with Gasteiger partial charge in [-0.25, -0.2) is 4.39 Å². The summed E-state index contributed by atoms with van der Waals surface area (Å²) in [5.74, 6) is 0.496. The van der Waals surface area contributed by atoms with Gasteiger partial charge < -0.3 is 20.5 Å². The van der Waals surface area contributed by atoms with E-state index >= 15 is 0 Å². The minimum absolute atomic E-state index is 0. The van der Waals surface area contributed by atoms with Gasteiger partial charge in [0, 0.05) is 23.6 Å². The van der Waals surface area contributed by atoms with E-state index in [1.165, 1.54) is 12.1 Å². The molecule has 2 aliphatic rings. The summed E-state index contributed by atoms with van der Waals surface area (Å²) in [6.45, 7) is 1.27. The highest BCUT2D eigenvalue weighted by atomic mass is 35.5. The highest BCUT2D eigenvalue weighted by molar-refractivity contribution is 5.85. The second-order valence-electron chi connectivity index (χ2n) is 5.91. The molecule has 23 heavy (non-hydrogen) atoms. The molecule has 3 N–H and O–H groups in total. The molecule has 1 saturated carbocycles. The largest absolute Gasteiger partial charge is 0.467 e. The SMILES string of the molecule is Cl.NC[C@H]1CCC[C@H]1C(=O)NCc1cc(F)cc2c1OCOC2. The van der Waals surface area contributed by atoms with Crippen molar-refractivity contribution in [1.29, 1.82) is 0 Å². The molecule has 0 unspecified atom stereocenters. The lowest BCUT2D eigenvalue weighted by molar-refractivity contribution is -0.126. The zero-order valence-electron chi connectivity index (χ0n) is 12.8. The molecule has 1 heterocycles. The Hall–Kier alpha value is -1.37. The molecule has 0 aromatic heterocycles. The molecule has 1 aliphatic carbocycles. The van der Waals surface area contributed by atoms with Crippen molar-refractivity contribution >= 4 is 18.3 Å². The Balaban J connectivity index is 0.00000192. The van der Waals surface area contributed by atoms with Crippen molar-refractivity contribution in [2.24, 2.45) is 17.6 Å². The van der Waals surface area contributed by atoms with Gasteiger partial charge in [0.1, 0.15) is 11.6 Å². The number of hydrogen-bond acceptors (Lipinski definition) is 4. The van der Waals surface area contributed by atoms with Crippen molar-refractivity contribution in [3.8, 4) is 5.75 Å². The van der Waals surface area contributed by atoms with Crippen LogP contribution in [-0.4, -0.2) is 19.2 Å². The van der Waals surface area contributed by atoms with Crippen LogP contribution in [0.3, 0.4) is 0 Å². The molecule has 1 aromatic carbocycles. The Morgan fingerprint density at radius 2 is 2.22 bits per heavy atom. The number of ether oxygens (including phenoxy) is 2. The summed E-state index contributed by atoms with van der Waals surface area (Å²) in [5, 5.41) is 2.90. The summed E-state index contributed by atoms with van der Waals surface area (Å²) in [7, 11) is 0. The smallest absolute Gasteiger partial charge is 0.223 e. The first-order valence-electron chi connectivity index (χ1n) is 7.68. The Kier molecular flexibility index (Phi) is 6.21. The number of carbonyl (C=O) groups excluding carboxylic acids is 1. The number of rotatable bonds is 4. The summed E-state index contributed by atoms with van der Waals surface area (Å²) in [5.41, 5.74) is 7.04. The van der Waals surface area contributed by atoms with Crippen LogP contribution in [0.15, 0.2) is 12.1 Å². The van der Waals surface area contributed by atoms with E-state index in [0.717, 1.165) is 19.3 Å². The van der Waals surface area contributed by atoms with Gasteiger partial charge in [-0.05, 0) is 37.4 Å². The highest BCUT2D eigenvalue weighted by Crippen LogP contribution is 2.32. The number of nitrogens with one attached hydrogen (secondary N) is 1. The third-order valence-corrected chi connectivity index (χ3v) is 4.50. The van der Waals surface area contributed by atoms with Crippen LogP contribution in [0.2, 0.25) is 0 Å². The average molecular weight is 345 g/mol. The van der Waals surface area contributed by atoms with Gasteiger partial charge >= 0.3 is 0 Å². The third-order valence-electron chi connectivity index (χ3n) is 4.50. The quantitative estimate of drug-likeness (QED) is 0.877. The Morgan fingerprint density at radius 1 is 1.39 bits per heavy atom. The number of benzene rings is 1. The van der Waals surface area contributed by atoms with Gasteiger partial charge in [0.05, 0.1) is 6.61 Å². The van der Waals surface area contributed by atoms with Gasteiger partial charge in [-0.3, -0.25) is 4.79 Å². The zero-order valence-corrected chi connectivity index (χ0v) is 13.7. The molecule has 5 nitrogen and oxygen atoms in total. The molecule has 0 bridgehead atoms. The van der Waals surface area contributed by atoms with Crippen LogP contribution in [0.4, 0.5) is 4.39 Å². The molecule has 1 aliphatic heterocycles. The van der Waals surface area contributed by atoms with E-state index in [1.807, 2.05) is 0 Å². The van der Waals surface area contributed by atoms with E-state index in [4.69, 9.17) is 15.2 Å². The normalized spacial score (nSPS) is 22.7. The number of fused-ring (bicyclic) bond motifs is 1. The zero-order chi connectivity index (χ0) is 15.5. The first-order chi connectivity index (χ1) is 10.7. The molecule has 0 radical (unpaired) electrons. The molecule has 0 spiro atoms. The van der Waals surface area contributed by atoms with E-state index in [9.17, 15) is 9.18 Å². The van der Waals surface area contributed by atoms with Crippen molar-refractivity contribution in [2.75, 3.05) is 13.3 Å². The first kappa shape index (κ1) is 18.0. The summed E-state index contributed by atoms with van der Waals surface area (Å²) in [6, 6.07) is 2.81. The van der Waals surface area contributed by atoms with Crippen LogP contribution in [0.5, 0.6) is 5.75 Å². The molecule has 1 amide bonds. The second-order valence-corrected chi connectivity index (χ2v) is 5.91. The van der Waals surface area contributed by atoms with Crippen LogP contribution in [-0.2, 0) is 22.7 Å². The number of hydrogen-bond donors (Lipinski definition) is 2. The van der Waals surface area contributed by atoms with Gasteiger partial charge in [-0.1, -0.05) is 6.42 Å². The monoisotopic (exact) mass is 344 g/mol. The molecule has 128 valence electrons. The fourth-order valence-corrected chi connectivity index (χ4v) is 3.37. The first-order valence-corrected chi connectivity index (χ1v) is 7.68. The molecule has 1 fully saturated rings. The standard InChI is InChI=1S/C16H21FN2O3.ClH/c17-13-4-11(15-12(5-13)8-21-9-22-15)7-19-16(20)14-3-1-2-10(14)6-18;/h4-5,10,14H,1-3,6-9,18H2,(H,19,20);1H/t10-,14-;/m1./s1. The van der Waals surface area contributed by atoms with E-state index in [-0.39, 0.29) is 49.3 Å². The molecule has 3 rings (SSSR count). The summed E-state index contributed by atoms with van der Waals surface area (Å²) < 4.78 is 24.3. The van der Waals surface area contributed by atoms with E-state index in [1.54, 1.807) is 0 Å². The Morgan fingerprint density at radius 3 is 3.00 bits per heavy atom. The topological polar surface area (TPSA) is 73.6 Å². The van der Waals surface area contributed by atoms with E-state index in [2.05, 4.69) is 5.32 Å². The fraction of sp³-hybridized carbons (Fsp3) is 0.562. The molecule has 7 heteroatoms. The van der Waals surface area contributed by atoms with Gasteiger partial charge in [0.2, 0.25) is 5.91 Å². The maximum atomic E-state index is 13.7. The minimum atomic E-state index is -0.349. The molecular weight excluding hydrogens is 323 g/mol. The van der Waals surface area contributed by atoms with Gasteiger partial charge in [-0.2, -0.15) is 0 Å². The number of nitrogens with two attached hydrogens (primary N) is 1. The fourth-order valence-electron chi connectivity index (χ4n) is 3.37. The lowest BCUT2D eigenvalue weighted by atomic mass is 9.95. The number of carbonyl (C=O) groups is 1. The Labute approximate surface area is 141 Å². The van der Waals surface area contributed by atoms with Crippen molar-refractivity contribution in [2.45, 2.75) is 32.4 Å². The van der Waals surface area contributed by atoms with Crippen LogP contribution in [0, 0.1) is 17.7 Å². The summed E-state index contributed by atoms with van der Waals surface area (Å²) in [6.07, 6.45) is 2.92. The van der Waals surface area contributed by atoms with Crippen LogP contribution in [0.1, 0.15) is 30.4 Å². The third kappa shape index (κ3) is 3.94. The maximum Gasteiger partial charge on any atom is 0.223 e. The van der Waals surface area contributed by atoms with Crippen molar-refractivity contribution in [1.82, 2.24) is 5.32 Å². The lowest BCUT2D eigenvalue weighted by Gasteiger charge is -2.22. The summed E-state index contributed by atoms with van der Waals surface area (Å²) >= 11 is 0. The van der Waals surface area contributed by atoms with Gasteiger partial charge in [0.25, 0.3) is 0 Å². The summed E-state index contributed by atoms with van der Waals surface area (Å²) in [4.78, 5) is 12.3. The number of halogens is 2. The van der Waals surface area contributed by atoms with E-state index < -0.39 is 0 Å². The van der Waals surface area contributed by atoms with E-state index in [0.29, 0.717) is 30.0 Å². The molecule has 0 saturated heterocycles. The van der Waals surface area contributed by atoms with Gasteiger partial charge in [0.15, 0.2) is 6.79 Å². The molecule has 1 aromatic rings. The average Bonchev–Trinajstić information content (AvgIpc) is 3.00. The van der Waals surface area contributed by atoms with Crippen LogP contribution >= 0.6 is 12.4 Å². The predicted molar refractivity (Wildman–Crippen MR) is 85.7 cm³/mol. The van der Waals surface area contributed by atoms with Crippen molar-refractivity contribution in [3.05, 3.63) is 29.1 Å². The van der Waals surface area contributed by atoms with Crippen LogP contribution < -0.4 is 15.8 Å². The highest BCUT2D eigenvalue weighted by Gasteiger charge is 2.31. The minimum Gasteiger partial charge on any atom is -0.467 e. The van der Waals surface area contributed by atoms with Crippen molar-refractivity contribution in [3.63, 3.8) is 0 Å². The lowest BCUT2D eigenvalue weighted by Crippen LogP contribution is -2.35. The second kappa shape index (κ2) is 7.95. The van der Waals surface area contributed by atoms with Crippen molar-refractivity contribution < 1.29 is 18.7 Å². The van der Waals surface area contributed by atoms with Crippen LogP contribution in [0.25, 0.3) is 0 Å².